The van der Waals surface area contributed by atoms with E-state index in [0.717, 1.165) is 11.1 Å². The molecule has 13 heteroatoms. The van der Waals surface area contributed by atoms with Gasteiger partial charge in [0, 0.05) is 42.2 Å². The lowest BCUT2D eigenvalue weighted by atomic mass is 9.82. The van der Waals surface area contributed by atoms with Crippen molar-refractivity contribution < 1.29 is 42.6 Å². The van der Waals surface area contributed by atoms with Crippen LogP contribution >= 0.6 is 0 Å². The first-order valence-corrected chi connectivity index (χ1v) is 19.7. The van der Waals surface area contributed by atoms with Crippen molar-refractivity contribution in [2.45, 2.75) is 82.0 Å². The number of nitrogens with zero attached hydrogens (tertiary/aromatic N) is 3. The van der Waals surface area contributed by atoms with Gasteiger partial charge in [-0.2, -0.15) is 0 Å². The van der Waals surface area contributed by atoms with Crippen molar-refractivity contribution in [3.63, 3.8) is 0 Å². The topological polar surface area (TPSA) is 126 Å². The Balaban J connectivity index is 1.35. The Morgan fingerprint density at radius 3 is 2.54 bits per heavy atom. The number of fused-ring (bicyclic) bond motifs is 3. The predicted molar refractivity (Wildman–Crippen MR) is 178 cm³/mol. The van der Waals surface area contributed by atoms with Gasteiger partial charge in [0.2, 0.25) is 14.3 Å². The number of unbranched alkanes of at least 4 members (excludes halogenated alkanes) is 1. The van der Waals surface area contributed by atoms with Crippen LogP contribution in [0.3, 0.4) is 0 Å². The fourth-order valence-electron chi connectivity index (χ4n) is 8.23. The first-order chi connectivity index (χ1) is 22.9. The molecule has 258 valence electrons. The number of rotatable bonds is 10. The highest BCUT2D eigenvalue weighted by molar-refractivity contribution is 6.72. The largest absolute Gasteiger partial charge is 0.469 e. The van der Waals surface area contributed by atoms with Crippen LogP contribution in [0.4, 0.5) is 20.3 Å². The maximum atomic E-state index is 16.5. The lowest BCUT2D eigenvalue weighted by molar-refractivity contribution is -0.151. The summed E-state index contributed by atoms with van der Waals surface area (Å²) in [4.78, 5) is 57.8. The molecule has 48 heavy (non-hydrogen) atoms. The van der Waals surface area contributed by atoms with Crippen LogP contribution in [0.2, 0.25) is 18.6 Å². The first kappa shape index (κ1) is 34.1. The van der Waals surface area contributed by atoms with Crippen LogP contribution in [0, 0.1) is 5.92 Å². The molecule has 4 aliphatic heterocycles. The molecular formula is C35H44FN3O8Si. The van der Waals surface area contributed by atoms with Gasteiger partial charge in [-0.25, -0.2) is 4.79 Å². The van der Waals surface area contributed by atoms with Crippen molar-refractivity contribution in [2.75, 3.05) is 43.2 Å². The Hall–Kier alpha value is -3.81. The van der Waals surface area contributed by atoms with Crippen LogP contribution in [0.25, 0.3) is 0 Å². The summed E-state index contributed by atoms with van der Waals surface area (Å²) in [7, 11) is -2.23. The fourth-order valence-corrected chi connectivity index (χ4v) is 10.7. The number of aliphatic hydroxyl groups excluding tert-OH is 1. The molecule has 2 fully saturated rings. The van der Waals surface area contributed by atoms with Crippen molar-refractivity contribution in [3.8, 4) is 0 Å². The highest BCUT2D eigenvalue weighted by atomic mass is 28.4. The van der Waals surface area contributed by atoms with Gasteiger partial charge in [0.25, 0.3) is 5.91 Å². The van der Waals surface area contributed by atoms with Gasteiger partial charge in [-0.3, -0.25) is 19.3 Å². The van der Waals surface area contributed by atoms with Gasteiger partial charge in [0.05, 0.1) is 44.5 Å². The van der Waals surface area contributed by atoms with Gasteiger partial charge in [0.15, 0.2) is 5.60 Å². The van der Waals surface area contributed by atoms with E-state index in [1.54, 1.807) is 41.1 Å². The quantitative estimate of drug-likeness (QED) is 0.169. The number of esters is 1. The molecule has 5 atom stereocenters. The summed E-state index contributed by atoms with van der Waals surface area (Å²) in [6, 6.07) is 12.7. The molecule has 4 heterocycles. The fraction of sp³-hybridized carbons (Fsp3) is 0.543. The molecule has 0 saturated carbocycles. The second-order valence-electron chi connectivity index (χ2n) is 13.8. The van der Waals surface area contributed by atoms with Gasteiger partial charge < -0.3 is 33.2 Å². The number of hydrogen-bond donors (Lipinski definition) is 1. The minimum absolute atomic E-state index is 0.143. The number of aliphatic hydroxyl groups is 1. The average Bonchev–Trinajstić information content (AvgIpc) is 3.70. The Morgan fingerprint density at radius 1 is 1.12 bits per heavy atom. The number of halogens is 1. The van der Waals surface area contributed by atoms with E-state index in [-0.39, 0.29) is 43.8 Å². The zero-order chi connectivity index (χ0) is 34.4. The molecule has 1 spiro atoms. The lowest BCUT2D eigenvalue weighted by Gasteiger charge is -2.37. The second-order valence-corrected chi connectivity index (χ2v) is 17.6. The molecule has 2 aromatic rings. The number of amides is 3. The van der Waals surface area contributed by atoms with E-state index >= 15 is 4.11 Å². The van der Waals surface area contributed by atoms with Crippen LogP contribution in [0.1, 0.15) is 49.3 Å². The standard InChI is InChI=1S/C35H44FN3O8Si/c1-22-32(48(3,4)36)29(19-30(41)39-20-24-10-6-5-9-23(24)17-26(39)21-40)47-35(22)27-18-25(37-15-16-46-34(37)44)12-13-28(27)38(33(35)43)14-8-7-11-31(42)45-2/h5-6,9-10,12-13,18,22,26,29,32,40H,7-8,11,14-17,19-21H2,1-4H3/t22-,26+,29+,32-,35+/m1/s1. The van der Waals surface area contributed by atoms with Crippen molar-refractivity contribution in [1.82, 2.24) is 4.90 Å². The first-order valence-electron chi connectivity index (χ1n) is 16.7. The summed E-state index contributed by atoms with van der Waals surface area (Å²) < 4.78 is 33.2. The average molecular weight is 682 g/mol. The molecule has 0 bridgehead atoms. The minimum Gasteiger partial charge on any atom is -0.469 e. The third kappa shape index (κ3) is 5.89. The van der Waals surface area contributed by atoms with Crippen LogP contribution < -0.4 is 9.80 Å². The lowest BCUT2D eigenvalue weighted by Crippen LogP contribution is -2.48. The van der Waals surface area contributed by atoms with Gasteiger partial charge in [-0.15, -0.1) is 0 Å². The number of benzene rings is 2. The summed E-state index contributed by atoms with van der Waals surface area (Å²) in [6.45, 7) is 6.00. The molecule has 11 nitrogen and oxygen atoms in total. The number of carbonyl (C=O) groups is 4. The van der Waals surface area contributed by atoms with E-state index < -0.39 is 43.7 Å². The van der Waals surface area contributed by atoms with Crippen LogP contribution in [0.5, 0.6) is 0 Å². The second kappa shape index (κ2) is 13.2. The van der Waals surface area contributed by atoms with Gasteiger partial charge in [0.1, 0.15) is 6.61 Å². The summed E-state index contributed by atoms with van der Waals surface area (Å²) in [5.41, 5.74) is 1.45. The van der Waals surface area contributed by atoms with Crippen molar-refractivity contribution >= 4 is 43.7 Å². The van der Waals surface area contributed by atoms with E-state index in [2.05, 4.69) is 0 Å². The molecule has 2 aromatic carbocycles. The number of cyclic esters (lactones) is 1. The Bertz CT molecular complexity index is 1600. The van der Waals surface area contributed by atoms with Crippen LogP contribution in [-0.4, -0.2) is 87.8 Å². The number of carbonyl (C=O) groups excluding carboxylic acids is 4. The van der Waals surface area contributed by atoms with E-state index in [4.69, 9.17) is 14.2 Å². The summed E-state index contributed by atoms with van der Waals surface area (Å²) >= 11 is 0. The zero-order valence-corrected chi connectivity index (χ0v) is 28.9. The van der Waals surface area contributed by atoms with E-state index in [1.807, 2.05) is 31.2 Å². The number of anilines is 2. The van der Waals surface area contributed by atoms with Gasteiger partial charge in [-0.05, 0) is 61.7 Å². The number of methoxy groups -OCH3 is 1. The van der Waals surface area contributed by atoms with E-state index in [1.165, 1.54) is 12.0 Å². The molecule has 4 aliphatic rings. The predicted octanol–water partition coefficient (Wildman–Crippen LogP) is 4.44. The summed E-state index contributed by atoms with van der Waals surface area (Å²) in [5.74, 6) is -1.58. The number of ether oxygens (including phenoxy) is 3. The van der Waals surface area contributed by atoms with Crippen molar-refractivity contribution in [2.24, 2.45) is 5.92 Å². The van der Waals surface area contributed by atoms with Crippen molar-refractivity contribution in [3.05, 3.63) is 59.2 Å². The number of hydrogen-bond acceptors (Lipinski definition) is 8. The van der Waals surface area contributed by atoms with Crippen LogP contribution in [-0.2, 0) is 47.2 Å². The molecule has 0 aliphatic carbocycles. The Labute approximate surface area is 281 Å². The zero-order valence-electron chi connectivity index (χ0n) is 27.9. The van der Waals surface area contributed by atoms with Crippen molar-refractivity contribution in [1.29, 1.82) is 0 Å². The molecular weight excluding hydrogens is 637 g/mol. The molecule has 3 amide bonds. The summed E-state index contributed by atoms with van der Waals surface area (Å²) in [5, 5.41) is 10.2. The van der Waals surface area contributed by atoms with Gasteiger partial charge >= 0.3 is 12.1 Å². The molecule has 0 aromatic heterocycles. The Kier molecular flexibility index (Phi) is 9.40. The maximum Gasteiger partial charge on any atom is 0.414 e. The highest BCUT2D eigenvalue weighted by Gasteiger charge is 2.67. The smallest absolute Gasteiger partial charge is 0.414 e. The molecule has 0 unspecified atom stereocenters. The third-order valence-electron chi connectivity index (χ3n) is 10.5. The van der Waals surface area contributed by atoms with E-state index in [0.29, 0.717) is 55.8 Å². The minimum atomic E-state index is -3.57. The van der Waals surface area contributed by atoms with Gasteiger partial charge in [-0.1, -0.05) is 31.2 Å². The summed E-state index contributed by atoms with van der Waals surface area (Å²) in [6.07, 6.45) is 0.204. The molecule has 0 radical (unpaired) electrons. The van der Waals surface area contributed by atoms with E-state index in [9.17, 15) is 24.3 Å². The maximum absolute atomic E-state index is 16.5. The normalized spacial score (nSPS) is 26.6. The molecule has 1 N–H and O–H groups in total. The monoisotopic (exact) mass is 681 g/mol. The molecule has 2 saturated heterocycles. The Morgan fingerprint density at radius 2 is 1.88 bits per heavy atom. The third-order valence-corrected chi connectivity index (χ3v) is 13.0. The highest BCUT2D eigenvalue weighted by Crippen LogP contribution is 2.60. The SMILES string of the molecule is COC(=O)CCCCN1C(=O)[C@@]2(O[C@@H](CC(=O)N3Cc4ccccc4C[C@H]3CO)[C@H]([Si](C)(C)F)[C@H]2C)c2cc(N3CCOC3=O)ccc21. The molecule has 6 rings (SSSR count). The van der Waals surface area contributed by atoms with Crippen LogP contribution in [0.15, 0.2) is 42.5 Å².